The smallest absolute Gasteiger partial charge is 0.0921 e. The molecule has 1 aromatic rings. The van der Waals surface area contributed by atoms with Crippen LogP contribution in [0.5, 0.6) is 0 Å². The molecule has 0 bridgehead atoms. The van der Waals surface area contributed by atoms with Crippen molar-refractivity contribution in [2.24, 2.45) is 5.92 Å². The van der Waals surface area contributed by atoms with E-state index >= 15 is 0 Å². The Balaban J connectivity index is 1.80. The van der Waals surface area contributed by atoms with Crippen LogP contribution in [0.15, 0.2) is 28.7 Å². The van der Waals surface area contributed by atoms with Gasteiger partial charge in [-0.3, -0.25) is 0 Å². The minimum absolute atomic E-state index is 0.183. The topological polar surface area (TPSA) is 9.23 Å². The summed E-state index contributed by atoms with van der Waals surface area (Å²) in [5.74, 6) is 0.927. The molecule has 3 heteroatoms. The monoisotopic (exact) mass is 360 g/mol. The molecule has 0 aliphatic heterocycles. The van der Waals surface area contributed by atoms with Crippen molar-refractivity contribution >= 4 is 31.9 Å². The highest BCUT2D eigenvalue weighted by atomic mass is 79.9. The van der Waals surface area contributed by atoms with Crippen LogP contribution in [-0.2, 0) is 4.74 Å². The number of benzene rings is 1. The molecule has 94 valence electrons. The number of alkyl halides is 1. The van der Waals surface area contributed by atoms with E-state index in [4.69, 9.17) is 4.74 Å². The Hall–Kier alpha value is 0.140. The van der Waals surface area contributed by atoms with Crippen LogP contribution in [0.2, 0.25) is 0 Å². The number of halogens is 2. The Morgan fingerprint density at radius 1 is 1.24 bits per heavy atom. The molecule has 0 spiro atoms. The van der Waals surface area contributed by atoms with Crippen LogP contribution < -0.4 is 0 Å². The van der Waals surface area contributed by atoms with E-state index in [1.54, 1.807) is 0 Å². The fourth-order valence-corrected chi connectivity index (χ4v) is 2.89. The molecule has 0 N–H and O–H groups in total. The third kappa shape index (κ3) is 4.08. The molecule has 2 rings (SSSR count). The van der Waals surface area contributed by atoms with Gasteiger partial charge in [-0.05, 0) is 30.0 Å². The van der Waals surface area contributed by atoms with Crippen molar-refractivity contribution in [1.82, 2.24) is 0 Å². The van der Waals surface area contributed by atoms with Crippen LogP contribution in [-0.4, -0.2) is 11.9 Å². The van der Waals surface area contributed by atoms with E-state index in [0.29, 0.717) is 0 Å². The highest BCUT2D eigenvalue weighted by Crippen LogP contribution is 2.30. The zero-order valence-electron chi connectivity index (χ0n) is 9.87. The molecule has 0 saturated heterocycles. The standard InChI is InChI=1S/C14H18Br2O/c15-10-14(12-4-6-13(16)7-5-12)17-9-8-11-2-1-3-11/h4-7,11,14H,1-3,8-10H2. The first-order chi connectivity index (χ1) is 8.29. The average molecular weight is 362 g/mol. The number of hydrogen-bond donors (Lipinski definition) is 0. The lowest BCUT2D eigenvalue weighted by Crippen LogP contribution is -2.15. The van der Waals surface area contributed by atoms with E-state index in [1.807, 2.05) is 0 Å². The van der Waals surface area contributed by atoms with Crippen molar-refractivity contribution in [2.45, 2.75) is 31.8 Å². The maximum Gasteiger partial charge on any atom is 0.0921 e. The van der Waals surface area contributed by atoms with Gasteiger partial charge in [-0.2, -0.15) is 0 Å². The molecule has 1 fully saturated rings. The van der Waals surface area contributed by atoms with Crippen molar-refractivity contribution in [1.29, 1.82) is 0 Å². The average Bonchev–Trinajstić information content (AvgIpc) is 2.29. The minimum atomic E-state index is 0.183. The highest BCUT2D eigenvalue weighted by Gasteiger charge is 2.18. The van der Waals surface area contributed by atoms with E-state index in [0.717, 1.165) is 22.3 Å². The molecule has 17 heavy (non-hydrogen) atoms. The van der Waals surface area contributed by atoms with Gasteiger partial charge in [0.05, 0.1) is 6.10 Å². The van der Waals surface area contributed by atoms with Crippen LogP contribution in [0.1, 0.15) is 37.4 Å². The summed E-state index contributed by atoms with van der Waals surface area (Å²) in [6.07, 6.45) is 5.63. The molecule has 1 unspecified atom stereocenters. The Kier molecular flexibility index (Phi) is 5.51. The molecule has 1 aliphatic carbocycles. The Morgan fingerprint density at radius 2 is 1.94 bits per heavy atom. The Morgan fingerprint density at radius 3 is 2.47 bits per heavy atom. The summed E-state index contributed by atoms with van der Waals surface area (Å²) in [6, 6.07) is 8.39. The van der Waals surface area contributed by atoms with Gasteiger partial charge in [0, 0.05) is 16.4 Å². The second kappa shape index (κ2) is 6.91. The van der Waals surface area contributed by atoms with Crippen molar-refractivity contribution in [3.8, 4) is 0 Å². The zero-order chi connectivity index (χ0) is 12.1. The lowest BCUT2D eigenvalue weighted by molar-refractivity contribution is 0.0521. The first-order valence-electron chi connectivity index (χ1n) is 6.22. The second-order valence-corrected chi connectivity index (χ2v) is 6.21. The van der Waals surface area contributed by atoms with Gasteiger partial charge < -0.3 is 4.74 Å². The van der Waals surface area contributed by atoms with Gasteiger partial charge >= 0.3 is 0 Å². The first kappa shape index (κ1) is 13.6. The summed E-state index contributed by atoms with van der Waals surface area (Å²) in [7, 11) is 0. The van der Waals surface area contributed by atoms with E-state index in [-0.39, 0.29) is 6.10 Å². The molecule has 0 heterocycles. The van der Waals surface area contributed by atoms with Crippen LogP contribution in [0.4, 0.5) is 0 Å². The van der Waals surface area contributed by atoms with Gasteiger partial charge in [0.15, 0.2) is 0 Å². The molecule has 0 amide bonds. The van der Waals surface area contributed by atoms with Crippen LogP contribution >= 0.6 is 31.9 Å². The fourth-order valence-electron chi connectivity index (χ4n) is 2.07. The van der Waals surface area contributed by atoms with Crippen molar-refractivity contribution < 1.29 is 4.74 Å². The number of rotatable bonds is 6. The summed E-state index contributed by atoms with van der Waals surface area (Å²) in [5, 5.41) is 0.860. The van der Waals surface area contributed by atoms with Gasteiger partial charge in [-0.25, -0.2) is 0 Å². The van der Waals surface area contributed by atoms with Gasteiger partial charge in [0.1, 0.15) is 0 Å². The molecule has 1 aliphatic rings. The molecule has 1 aromatic carbocycles. The molecular formula is C14H18Br2O. The minimum Gasteiger partial charge on any atom is -0.373 e. The molecule has 1 nitrogen and oxygen atoms in total. The highest BCUT2D eigenvalue weighted by molar-refractivity contribution is 9.10. The fraction of sp³-hybridized carbons (Fsp3) is 0.571. The molecule has 0 aromatic heterocycles. The first-order valence-corrected chi connectivity index (χ1v) is 8.14. The van der Waals surface area contributed by atoms with Gasteiger partial charge in [0.25, 0.3) is 0 Å². The Labute approximate surface area is 120 Å². The maximum absolute atomic E-state index is 5.96. The summed E-state index contributed by atoms with van der Waals surface area (Å²) < 4.78 is 7.08. The predicted molar refractivity (Wildman–Crippen MR) is 78.6 cm³/mol. The van der Waals surface area contributed by atoms with E-state index in [9.17, 15) is 0 Å². The molecule has 0 radical (unpaired) electrons. The van der Waals surface area contributed by atoms with E-state index in [2.05, 4.69) is 56.1 Å². The number of ether oxygens (including phenoxy) is 1. The van der Waals surface area contributed by atoms with Gasteiger partial charge in [-0.15, -0.1) is 0 Å². The second-order valence-electron chi connectivity index (χ2n) is 4.65. The SMILES string of the molecule is BrCC(OCCC1CCC1)c1ccc(Br)cc1. The third-order valence-corrected chi connectivity index (χ3v) is 4.57. The van der Waals surface area contributed by atoms with Gasteiger partial charge in [0.2, 0.25) is 0 Å². The molecular weight excluding hydrogens is 344 g/mol. The summed E-state index contributed by atoms with van der Waals surface area (Å²) in [6.45, 7) is 0.886. The largest absolute Gasteiger partial charge is 0.373 e. The third-order valence-electron chi connectivity index (χ3n) is 3.45. The lowest BCUT2D eigenvalue weighted by atomic mass is 9.83. The summed E-state index contributed by atoms with van der Waals surface area (Å²) in [5.41, 5.74) is 1.25. The van der Waals surface area contributed by atoms with Crippen molar-refractivity contribution in [3.05, 3.63) is 34.3 Å². The zero-order valence-corrected chi connectivity index (χ0v) is 13.0. The molecule has 1 saturated carbocycles. The maximum atomic E-state index is 5.96. The van der Waals surface area contributed by atoms with Crippen molar-refractivity contribution in [3.63, 3.8) is 0 Å². The van der Waals surface area contributed by atoms with Crippen LogP contribution in [0.25, 0.3) is 0 Å². The summed E-state index contributed by atoms with van der Waals surface area (Å²) in [4.78, 5) is 0. The van der Waals surface area contributed by atoms with Crippen LogP contribution in [0.3, 0.4) is 0 Å². The van der Waals surface area contributed by atoms with E-state index < -0.39 is 0 Å². The Bertz CT molecular complexity index is 333. The number of hydrogen-bond acceptors (Lipinski definition) is 1. The normalized spacial score (nSPS) is 17.8. The quantitative estimate of drug-likeness (QED) is 0.641. The summed E-state index contributed by atoms with van der Waals surface area (Å²) >= 11 is 6.99. The van der Waals surface area contributed by atoms with Crippen molar-refractivity contribution in [2.75, 3.05) is 11.9 Å². The van der Waals surface area contributed by atoms with E-state index in [1.165, 1.54) is 31.2 Å². The van der Waals surface area contributed by atoms with Gasteiger partial charge in [-0.1, -0.05) is 63.3 Å². The molecule has 1 atom stereocenters. The predicted octanol–water partition coefficient (Wildman–Crippen LogP) is 5.09. The van der Waals surface area contributed by atoms with Crippen LogP contribution in [0, 0.1) is 5.92 Å². The lowest BCUT2D eigenvalue weighted by Gasteiger charge is -2.26.